The van der Waals surface area contributed by atoms with Crippen molar-refractivity contribution in [2.45, 2.75) is 25.9 Å². The topological polar surface area (TPSA) is 9.23 Å². The minimum atomic E-state index is -4.62. The summed E-state index contributed by atoms with van der Waals surface area (Å²) in [7, 11) is 0. The third-order valence-corrected chi connectivity index (χ3v) is 3.40. The fourth-order valence-corrected chi connectivity index (χ4v) is 2.34. The van der Waals surface area contributed by atoms with E-state index in [1.54, 1.807) is 6.07 Å². The first kappa shape index (κ1) is 19.8. The molecular formula is C18H13F7O. The Morgan fingerprint density at radius 2 is 1.62 bits per heavy atom. The lowest BCUT2D eigenvalue weighted by atomic mass is 10.0. The van der Waals surface area contributed by atoms with Crippen molar-refractivity contribution < 1.29 is 35.5 Å². The van der Waals surface area contributed by atoms with Crippen LogP contribution in [0.2, 0.25) is 0 Å². The van der Waals surface area contributed by atoms with Gasteiger partial charge in [0.25, 0.3) is 6.08 Å². The van der Waals surface area contributed by atoms with Crippen molar-refractivity contribution in [3.8, 4) is 16.9 Å². The summed E-state index contributed by atoms with van der Waals surface area (Å²) in [6, 6.07) is 5.27. The van der Waals surface area contributed by atoms with Gasteiger partial charge in [0.2, 0.25) is 0 Å². The molecule has 0 saturated carbocycles. The quantitative estimate of drug-likeness (QED) is 0.523. The van der Waals surface area contributed by atoms with Crippen LogP contribution in [0.15, 0.2) is 42.5 Å². The molecule has 0 radical (unpaired) electrons. The van der Waals surface area contributed by atoms with E-state index in [9.17, 15) is 30.7 Å². The van der Waals surface area contributed by atoms with Gasteiger partial charge in [-0.2, -0.15) is 17.6 Å². The van der Waals surface area contributed by atoms with Crippen molar-refractivity contribution in [3.05, 3.63) is 65.5 Å². The maximum atomic E-state index is 14.2. The first-order chi connectivity index (χ1) is 12.1. The molecule has 0 unspecified atom stereocenters. The molecule has 2 rings (SSSR count). The second-order valence-electron chi connectivity index (χ2n) is 5.43. The van der Waals surface area contributed by atoms with Crippen LogP contribution >= 0.6 is 0 Å². The van der Waals surface area contributed by atoms with Crippen LogP contribution in [0.25, 0.3) is 11.1 Å². The van der Waals surface area contributed by atoms with Gasteiger partial charge in [-0.25, -0.2) is 13.2 Å². The minimum absolute atomic E-state index is 0.143. The maximum absolute atomic E-state index is 14.2. The van der Waals surface area contributed by atoms with E-state index in [2.05, 4.69) is 4.74 Å². The summed E-state index contributed by atoms with van der Waals surface area (Å²) >= 11 is 0. The first-order valence-electron chi connectivity index (χ1n) is 7.51. The summed E-state index contributed by atoms with van der Waals surface area (Å²) in [4.78, 5) is 0. The molecule has 2 aromatic rings. The van der Waals surface area contributed by atoms with Crippen LogP contribution in [0.4, 0.5) is 30.7 Å². The van der Waals surface area contributed by atoms with Gasteiger partial charge in [0, 0.05) is 5.56 Å². The zero-order valence-electron chi connectivity index (χ0n) is 13.4. The van der Waals surface area contributed by atoms with E-state index in [1.807, 2.05) is 6.92 Å². The standard InChI is InChI=1S/C18H13F7O/c1-2-3-10-4-5-12(13(19)6-10)11-7-14(20)17(15(21)8-11)26-18(24,25)9-16(22)23/h4-9H,2-3H2,1H3. The summed E-state index contributed by atoms with van der Waals surface area (Å²) in [6.45, 7) is 1.90. The zero-order valence-corrected chi connectivity index (χ0v) is 13.4. The van der Waals surface area contributed by atoms with Crippen LogP contribution in [0, 0.1) is 17.5 Å². The highest BCUT2D eigenvalue weighted by molar-refractivity contribution is 5.65. The Morgan fingerprint density at radius 3 is 2.12 bits per heavy atom. The zero-order chi connectivity index (χ0) is 19.5. The molecule has 0 amide bonds. The Labute approximate surface area is 144 Å². The van der Waals surface area contributed by atoms with Gasteiger partial charge in [0.05, 0.1) is 6.08 Å². The molecule has 0 saturated heterocycles. The Bertz CT molecular complexity index is 803. The average molecular weight is 378 g/mol. The van der Waals surface area contributed by atoms with E-state index >= 15 is 0 Å². The van der Waals surface area contributed by atoms with Crippen molar-refractivity contribution in [2.24, 2.45) is 0 Å². The van der Waals surface area contributed by atoms with Crippen LogP contribution in [-0.2, 0) is 6.42 Å². The van der Waals surface area contributed by atoms with Crippen molar-refractivity contribution in [2.75, 3.05) is 0 Å². The molecule has 0 bridgehead atoms. The number of halogens is 7. The smallest absolute Gasteiger partial charge is 0.423 e. The number of hydrogen-bond acceptors (Lipinski definition) is 1. The van der Waals surface area contributed by atoms with Gasteiger partial charge in [-0.05, 0) is 35.7 Å². The van der Waals surface area contributed by atoms with Gasteiger partial charge >= 0.3 is 6.11 Å². The largest absolute Gasteiger partial charge is 0.425 e. The molecule has 2 aromatic carbocycles. The van der Waals surface area contributed by atoms with E-state index < -0.39 is 41.5 Å². The monoisotopic (exact) mass is 378 g/mol. The molecule has 0 aliphatic carbocycles. The van der Waals surface area contributed by atoms with Gasteiger partial charge < -0.3 is 4.74 Å². The van der Waals surface area contributed by atoms with Gasteiger partial charge in [0.1, 0.15) is 5.82 Å². The molecular weight excluding hydrogens is 365 g/mol. The Hall–Kier alpha value is -2.51. The molecule has 8 heteroatoms. The predicted octanol–water partition coefficient (Wildman–Crippen LogP) is 6.48. The van der Waals surface area contributed by atoms with E-state index in [0.717, 1.165) is 6.42 Å². The van der Waals surface area contributed by atoms with E-state index in [-0.39, 0.29) is 11.1 Å². The summed E-state index contributed by atoms with van der Waals surface area (Å²) in [5.41, 5.74) is 0.299. The first-order valence-corrected chi connectivity index (χ1v) is 7.51. The molecule has 0 aromatic heterocycles. The lowest BCUT2D eigenvalue weighted by Gasteiger charge is -2.16. The molecule has 0 heterocycles. The number of alkyl halides is 2. The Balaban J connectivity index is 2.39. The Morgan fingerprint density at radius 1 is 1.00 bits per heavy atom. The SMILES string of the molecule is CCCc1ccc(-c2cc(F)c(OC(F)(F)C=C(F)F)c(F)c2)c(F)c1. The highest BCUT2D eigenvalue weighted by atomic mass is 19.3. The van der Waals surface area contributed by atoms with Crippen LogP contribution in [0.5, 0.6) is 5.75 Å². The number of rotatable bonds is 6. The van der Waals surface area contributed by atoms with Gasteiger partial charge in [-0.1, -0.05) is 25.5 Å². The van der Waals surface area contributed by atoms with Crippen LogP contribution in [0.3, 0.4) is 0 Å². The molecule has 0 spiro atoms. The van der Waals surface area contributed by atoms with Crippen molar-refractivity contribution >= 4 is 0 Å². The van der Waals surface area contributed by atoms with Crippen LogP contribution < -0.4 is 4.74 Å². The minimum Gasteiger partial charge on any atom is -0.423 e. The number of ether oxygens (including phenoxy) is 1. The lowest BCUT2D eigenvalue weighted by molar-refractivity contribution is -0.137. The lowest BCUT2D eigenvalue weighted by Crippen LogP contribution is -2.23. The van der Waals surface area contributed by atoms with Crippen LogP contribution in [0.1, 0.15) is 18.9 Å². The van der Waals surface area contributed by atoms with Gasteiger partial charge in [-0.15, -0.1) is 0 Å². The average Bonchev–Trinajstić information content (AvgIpc) is 2.50. The van der Waals surface area contributed by atoms with Crippen molar-refractivity contribution in [3.63, 3.8) is 0 Å². The molecule has 0 fully saturated rings. The number of benzene rings is 2. The summed E-state index contributed by atoms with van der Waals surface area (Å²) in [6.07, 6.45) is -6.89. The molecule has 1 nitrogen and oxygen atoms in total. The van der Waals surface area contributed by atoms with Crippen LogP contribution in [-0.4, -0.2) is 6.11 Å². The third-order valence-electron chi connectivity index (χ3n) is 3.40. The molecule has 0 N–H and O–H groups in total. The maximum Gasteiger partial charge on any atom is 0.425 e. The third kappa shape index (κ3) is 4.77. The highest BCUT2D eigenvalue weighted by Gasteiger charge is 2.33. The summed E-state index contributed by atoms with van der Waals surface area (Å²) in [5, 5.41) is 0. The number of aryl methyl sites for hydroxylation is 1. The second-order valence-corrected chi connectivity index (χ2v) is 5.43. The molecule has 140 valence electrons. The fraction of sp³-hybridized carbons (Fsp3) is 0.222. The van der Waals surface area contributed by atoms with Crippen molar-refractivity contribution in [1.82, 2.24) is 0 Å². The van der Waals surface area contributed by atoms with Gasteiger partial charge in [0.15, 0.2) is 17.4 Å². The molecule has 0 atom stereocenters. The molecule has 26 heavy (non-hydrogen) atoms. The number of hydrogen-bond donors (Lipinski definition) is 0. The fourth-order valence-electron chi connectivity index (χ4n) is 2.34. The predicted molar refractivity (Wildman–Crippen MR) is 81.6 cm³/mol. The molecule has 0 aliphatic heterocycles. The van der Waals surface area contributed by atoms with Crippen molar-refractivity contribution in [1.29, 1.82) is 0 Å². The van der Waals surface area contributed by atoms with E-state index in [4.69, 9.17) is 0 Å². The summed E-state index contributed by atoms with van der Waals surface area (Å²) in [5.74, 6) is -5.44. The van der Waals surface area contributed by atoms with E-state index in [0.29, 0.717) is 24.1 Å². The second kappa shape index (κ2) is 7.80. The highest BCUT2D eigenvalue weighted by Crippen LogP contribution is 2.34. The Kier molecular flexibility index (Phi) is 5.94. The van der Waals surface area contributed by atoms with E-state index in [1.165, 1.54) is 12.1 Å². The normalized spacial score (nSPS) is 11.4. The molecule has 0 aliphatic rings. The van der Waals surface area contributed by atoms with Gasteiger partial charge in [-0.3, -0.25) is 0 Å². The summed E-state index contributed by atoms with van der Waals surface area (Å²) < 4.78 is 96.0.